The Morgan fingerprint density at radius 3 is 2.67 bits per heavy atom. The SMILES string of the molecule is CCC(C)Nc1nccc(C(F)(F)F)n1. The number of halogens is 3. The minimum atomic E-state index is -4.42. The average Bonchev–Trinajstić information content (AvgIpc) is 2.17. The molecule has 1 heterocycles. The lowest BCUT2D eigenvalue weighted by molar-refractivity contribution is -0.141. The van der Waals surface area contributed by atoms with E-state index < -0.39 is 11.9 Å². The molecule has 0 aliphatic rings. The molecule has 1 N–H and O–H groups in total. The molecule has 1 aromatic heterocycles. The van der Waals surface area contributed by atoms with Crippen LogP contribution in [0.3, 0.4) is 0 Å². The maximum atomic E-state index is 12.3. The molecule has 1 unspecified atom stereocenters. The van der Waals surface area contributed by atoms with E-state index in [4.69, 9.17) is 0 Å². The highest BCUT2D eigenvalue weighted by Gasteiger charge is 2.32. The van der Waals surface area contributed by atoms with Crippen LogP contribution in [0.4, 0.5) is 19.1 Å². The van der Waals surface area contributed by atoms with Crippen molar-refractivity contribution >= 4 is 5.95 Å². The number of hydrogen-bond acceptors (Lipinski definition) is 3. The summed E-state index contributed by atoms with van der Waals surface area (Å²) in [4.78, 5) is 7.10. The van der Waals surface area contributed by atoms with Crippen LogP contribution in [0.25, 0.3) is 0 Å². The summed E-state index contributed by atoms with van der Waals surface area (Å²) in [5.74, 6) is 0.0131. The van der Waals surface area contributed by atoms with Gasteiger partial charge < -0.3 is 5.32 Å². The lowest BCUT2D eigenvalue weighted by Gasteiger charge is -2.12. The first kappa shape index (κ1) is 11.7. The van der Waals surface area contributed by atoms with E-state index in [1.165, 1.54) is 0 Å². The van der Waals surface area contributed by atoms with E-state index in [0.717, 1.165) is 18.7 Å². The Bertz CT molecular complexity index is 325. The van der Waals surface area contributed by atoms with Gasteiger partial charge in [0.15, 0.2) is 0 Å². The zero-order chi connectivity index (χ0) is 11.5. The summed E-state index contributed by atoms with van der Waals surface area (Å²) in [5.41, 5.74) is -0.927. The third-order valence-corrected chi connectivity index (χ3v) is 1.93. The lowest BCUT2D eigenvalue weighted by atomic mass is 10.3. The van der Waals surface area contributed by atoms with Crippen LogP contribution in [0, 0.1) is 0 Å². The first-order valence-electron chi connectivity index (χ1n) is 4.60. The largest absolute Gasteiger partial charge is 0.433 e. The van der Waals surface area contributed by atoms with Crippen LogP contribution in [0.5, 0.6) is 0 Å². The van der Waals surface area contributed by atoms with E-state index in [-0.39, 0.29) is 12.0 Å². The predicted octanol–water partition coefficient (Wildman–Crippen LogP) is 2.71. The molecule has 0 radical (unpaired) electrons. The molecule has 84 valence electrons. The highest BCUT2D eigenvalue weighted by atomic mass is 19.4. The average molecular weight is 219 g/mol. The first-order chi connectivity index (χ1) is 6.93. The highest BCUT2D eigenvalue weighted by Crippen LogP contribution is 2.27. The molecular formula is C9H12F3N3. The van der Waals surface area contributed by atoms with Crippen molar-refractivity contribution in [2.75, 3.05) is 5.32 Å². The molecule has 0 saturated carbocycles. The standard InChI is InChI=1S/C9H12F3N3/c1-3-6(2)14-8-13-5-4-7(15-8)9(10,11)12/h4-6H,3H2,1-2H3,(H,13,14,15). The van der Waals surface area contributed by atoms with Gasteiger partial charge in [-0.15, -0.1) is 0 Å². The van der Waals surface area contributed by atoms with Crippen molar-refractivity contribution in [3.63, 3.8) is 0 Å². The third-order valence-electron chi connectivity index (χ3n) is 1.93. The predicted molar refractivity (Wildman–Crippen MR) is 50.4 cm³/mol. The summed E-state index contributed by atoms with van der Waals surface area (Å²) >= 11 is 0. The number of alkyl halides is 3. The van der Waals surface area contributed by atoms with Gasteiger partial charge in [0.2, 0.25) is 5.95 Å². The van der Waals surface area contributed by atoms with Crippen molar-refractivity contribution in [3.05, 3.63) is 18.0 Å². The highest BCUT2D eigenvalue weighted by molar-refractivity contribution is 5.27. The van der Waals surface area contributed by atoms with Gasteiger partial charge in [0.1, 0.15) is 5.69 Å². The summed E-state index contributed by atoms with van der Waals surface area (Å²) in [6.07, 6.45) is -2.53. The topological polar surface area (TPSA) is 37.8 Å². The summed E-state index contributed by atoms with van der Waals surface area (Å²) in [7, 11) is 0. The second-order valence-electron chi connectivity index (χ2n) is 3.22. The molecule has 0 saturated heterocycles. The van der Waals surface area contributed by atoms with Crippen LogP contribution in [0.2, 0.25) is 0 Å². The molecule has 1 atom stereocenters. The fourth-order valence-electron chi connectivity index (χ4n) is 0.909. The molecule has 0 fully saturated rings. The third kappa shape index (κ3) is 3.38. The van der Waals surface area contributed by atoms with Gasteiger partial charge in [0.05, 0.1) is 0 Å². The lowest BCUT2D eigenvalue weighted by Crippen LogP contribution is -2.17. The van der Waals surface area contributed by atoms with Crippen LogP contribution in [-0.2, 0) is 6.18 Å². The number of nitrogens with one attached hydrogen (secondary N) is 1. The van der Waals surface area contributed by atoms with Gasteiger partial charge in [-0.2, -0.15) is 13.2 Å². The van der Waals surface area contributed by atoms with Crippen LogP contribution >= 0.6 is 0 Å². The molecule has 0 spiro atoms. The molecule has 1 aromatic rings. The molecule has 0 aromatic carbocycles. The summed E-state index contributed by atoms with van der Waals surface area (Å²) in [5, 5.41) is 2.78. The number of rotatable bonds is 3. The minimum absolute atomic E-state index is 0.0131. The molecule has 0 aliphatic heterocycles. The second kappa shape index (κ2) is 4.46. The van der Waals surface area contributed by atoms with Gasteiger partial charge in [-0.05, 0) is 19.4 Å². The summed E-state index contributed by atoms with van der Waals surface area (Å²) < 4.78 is 36.8. The van der Waals surface area contributed by atoms with Crippen molar-refractivity contribution in [2.24, 2.45) is 0 Å². The smallest absolute Gasteiger partial charge is 0.352 e. The summed E-state index contributed by atoms with van der Waals surface area (Å²) in [6, 6.07) is 0.899. The molecule has 15 heavy (non-hydrogen) atoms. The molecule has 0 amide bonds. The van der Waals surface area contributed by atoms with Crippen LogP contribution in [0.1, 0.15) is 26.0 Å². The van der Waals surface area contributed by atoms with Crippen molar-refractivity contribution in [3.8, 4) is 0 Å². The summed E-state index contributed by atoms with van der Waals surface area (Å²) in [6.45, 7) is 3.77. The van der Waals surface area contributed by atoms with Crippen molar-refractivity contribution < 1.29 is 13.2 Å². The van der Waals surface area contributed by atoms with Crippen LogP contribution < -0.4 is 5.32 Å². The Morgan fingerprint density at radius 1 is 1.47 bits per heavy atom. The number of aromatic nitrogens is 2. The Kier molecular flexibility index (Phi) is 3.49. The monoisotopic (exact) mass is 219 g/mol. The van der Waals surface area contributed by atoms with Gasteiger partial charge >= 0.3 is 6.18 Å². The van der Waals surface area contributed by atoms with E-state index in [1.54, 1.807) is 0 Å². The van der Waals surface area contributed by atoms with E-state index >= 15 is 0 Å². The normalized spacial score (nSPS) is 13.7. The molecule has 1 rings (SSSR count). The van der Waals surface area contributed by atoms with E-state index in [0.29, 0.717) is 0 Å². The van der Waals surface area contributed by atoms with Gasteiger partial charge in [0, 0.05) is 12.2 Å². The molecular weight excluding hydrogens is 207 g/mol. The first-order valence-corrected chi connectivity index (χ1v) is 4.60. The van der Waals surface area contributed by atoms with Crippen LogP contribution in [-0.4, -0.2) is 16.0 Å². The zero-order valence-corrected chi connectivity index (χ0v) is 8.47. The van der Waals surface area contributed by atoms with E-state index in [1.807, 2.05) is 13.8 Å². The quantitative estimate of drug-likeness (QED) is 0.849. The van der Waals surface area contributed by atoms with E-state index in [9.17, 15) is 13.2 Å². The molecule has 3 nitrogen and oxygen atoms in total. The maximum absolute atomic E-state index is 12.3. The number of hydrogen-bond donors (Lipinski definition) is 1. The Hall–Kier alpha value is -1.33. The van der Waals surface area contributed by atoms with Gasteiger partial charge in [-0.3, -0.25) is 0 Å². The molecule has 0 bridgehead atoms. The number of nitrogens with zero attached hydrogens (tertiary/aromatic N) is 2. The van der Waals surface area contributed by atoms with Gasteiger partial charge in [-0.25, -0.2) is 9.97 Å². The fraction of sp³-hybridized carbons (Fsp3) is 0.556. The Balaban J connectivity index is 2.84. The van der Waals surface area contributed by atoms with Crippen molar-refractivity contribution in [1.82, 2.24) is 9.97 Å². The maximum Gasteiger partial charge on any atom is 0.433 e. The second-order valence-corrected chi connectivity index (χ2v) is 3.22. The minimum Gasteiger partial charge on any atom is -0.352 e. The van der Waals surface area contributed by atoms with Gasteiger partial charge in [-0.1, -0.05) is 6.92 Å². The van der Waals surface area contributed by atoms with Crippen LogP contribution in [0.15, 0.2) is 12.3 Å². The molecule has 6 heteroatoms. The Labute approximate surface area is 85.7 Å². The molecule has 0 aliphatic carbocycles. The zero-order valence-electron chi connectivity index (χ0n) is 8.47. The van der Waals surface area contributed by atoms with Crippen molar-refractivity contribution in [2.45, 2.75) is 32.5 Å². The Morgan fingerprint density at radius 2 is 2.13 bits per heavy atom. The fourth-order valence-corrected chi connectivity index (χ4v) is 0.909. The van der Waals surface area contributed by atoms with Crippen molar-refractivity contribution in [1.29, 1.82) is 0 Å². The van der Waals surface area contributed by atoms with E-state index in [2.05, 4.69) is 15.3 Å². The van der Waals surface area contributed by atoms with Gasteiger partial charge in [0.25, 0.3) is 0 Å². The number of anilines is 1.